The summed E-state index contributed by atoms with van der Waals surface area (Å²) in [5, 5.41) is 3.59. The number of methoxy groups -OCH3 is 1. The van der Waals surface area contributed by atoms with Gasteiger partial charge in [-0.3, -0.25) is 4.79 Å². The second-order valence-electron chi connectivity index (χ2n) is 6.84. The topological polar surface area (TPSA) is 38.3 Å². The summed E-state index contributed by atoms with van der Waals surface area (Å²) in [6, 6.07) is 5.26. The third kappa shape index (κ3) is 9.15. The van der Waals surface area contributed by atoms with E-state index in [0.29, 0.717) is 16.3 Å². The summed E-state index contributed by atoms with van der Waals surface area (Å²) in [5.41, 5.74) is 0.494. The highest BCUT2D eigenvalue weighted by Crippen LogP contribution is 2.22. The number of carbonyl (C=O) groups is 1. The molecule has 0 unspecified atom stereocenters. The standard InChI is InChI=1S/C21H34ClNO2/c1-4-5-6-7-8-9-10-11-12-13-17(2)23-21(24)19-16-18(22)14-15-20(19)25-3/h14-17H,4-13H2,1-3H3,(H,23,24)/t17-/m0/s1. The summed E-state index contributed by atoms with van der Waals surface area (Å²) in [6.07, 6.45) is 12.8. The Balaban J connectivity index is 2.21. The number of nitrogens with one attached hydrogen (secondary N) is 1. The van der Waals surface area contributed by atoms with Gasteiger partial charge in [0.25, 0.3) is 5.91 Å². The Morgan fingerprint density at radius 1 is 1.08 bits per heavy atom. The first-order valence-corrected chi connectivity index (χ1v) is 10.1. The van der Waals surface area contributed by atoms with Crippen molar-refractivity contribution in [3.8, 4) is 5.75 Å². The lowest BCUT2D eigenvalue weighted by atomic mass is 10.0. The monoisotopic (exact) mass is 367 g/mol. The van der Waals surface area contributed by atoms with Gasteiger partial charge in [0.2, 0.25) is 0 Å². The lowest BCUT2D eigenvalue weighted by Gasteiger charge is -2.15. The van der Waals surface area contributed by atoms with Gasteiger partial charge < -0.3 is 10.1 Å². The van der Waals surface area contributed by atoms with Gasteiger partial charge in [-0.2, -0.15) is 0 Å². The molecule has 0 aromatic heterocycles. The molecule has 1 aromatic carbocycles. The van der Waals surface area contributed by atoms with E-state index < -0.39 is 0 Å². The molecule has 0 aliphatic rings. The predicted molar refractivity (Wildman–Crippen MR) is 107 cm³/mol. The summed E-state index contributed by atoms with van der Waals surface area (Å²) in [7, 11) is 1.56. The molecule has 3 nitrogen and oxygen atoms in total. The molecule has 0 radical (unpaired) electrons. The van der Waals surface area contributed by atoms with E-state index >= 15 is 0 Å². The molecule has 0 spiro atoms. The van der Waals surface area contributed by atoms with Crippen molar-refractivity contribution >= 4 is 17.5 Å². The van der Waals surface area contributed by atoms with Crippen molar-refractivity contribution in [2.75, 3.05) is 7.11 Å². The van der Waals surface area contributed by atoms with E-state index in [2.05, 4.69) is 19.2 Å². The number of ether oxygens (including phenoxy) is 1. The Bertz CT molecular complexity index is 505. The normalized spacial score (nSPS) is 12.0. The zero-order chi connectivity index (χ0) is 18.5. The molecule has 1 atom stereocenters. The van der Waals surface area contributed by atoms with Crippen LogP contribution in [0.25, 0.3) is 0 Å². The van der Waals surface area contributed by atoms with Crippen molar-refractivity contribution in [2.45, 2.75) is 84.1 Å². The minimum absolute atomic E-state index is 0.122. The fourth-order valence-corrected chi connectivity index (χ4v) is 3.16. The maximum atomic E-state index is 12.4. The van der Waals surface area contributed by atoms with Crippen molar-refractivity contribution < 1.29 is 9.53 Å². The van der Waals surface area contributed by atoms with E-state index in [-0.39, 0.29) is 11.9 Å². The Kier molecular flexibility index (Phi) is 11.4. The number of halogens is 1. The Hall–Kier alpha value is -1.22. The average Bonchev–Trinajstić information content (AvgIpc) is 2.60. The SMILES string of the molecule is CCCCCCCCCCC[C@H](C)NC(=O)c1cc(Cl)ccc1OC. The van der Waals surface area contributed by atoms with Gasteiger partial charge in [-0.25, -0.2) is 0 Å². The van der Waals surface area contributed by atoms with E-state index in [1.165, 1.54) is 51.4 Å². The highest BCUT2D eigenvalue weighted by Gasteiger charge is 2.15. The minimum atomic E-state index is -0.122. The van der Waals surface area contributed by atoms with Crippen LogP contribution in [0.3, 0.4) is 0 Å². The second kappa shape index (κ2) is 13.0. The molecule has 25 heavy (non-hydrogen) atoms. The first-order chi connectivity index (χ1) is 12.1. The zero-order valence-electron chi connectivity index (χ0n) is 16.1. The Labute approximate surface area is 158 Å². The van der Waals surface area contributed by atoms with Crippen LogP contribution in [0, 0.1) is 0 Å². The van der Waals surface area contributed by atoms with Crippen molar-refractivity contribution in [3.05, 3.63) is 28.8 Å². The molecule has 1 rings (SSSR count). The number of carbonyl (C=O) groups excluding carboxylic acids is 1. The van der Waals surface area contributed by atoms with Gasteiger partial charge >= 0.3 is 0 Å². The molecule has 1 N–H and O–H groups in total. The van der Waals surface area contributed by atoms with Crippen LogP contribution in [0.5, 0.6) is 5.75 Å². The van der Waals surface area contributed by atoms with Gasteiger partial charge in [0.1, 0.15) is 5.75 Å². The summed E-state index contributed by atoms with van der Waals surface area (Å²) < 4.78 is 5.24. The predicted octanol–water partition coefficient (Wildman–Crippen LogP) is 6.39. The van der Waals surface area contributed by atoms with E-state index in [4.69, 9.17) is 16.3 Å². The molecule has 1 amide bonds. The highest BCUT2D eigenvalue weighted by molar-refractivity contribution is 6.31. The lowest BCUT2D eigenvalue weighted by molar-refractivity contribution is 0.0935. The second-order valence-corrected chi connectivity index (χ2v) is 7.27. The Morgan fingerprint density at radius 2 is 1.68 bits per heavy atom. The van der Waals surface area contributed by atoms with E-state index in [1.54, 1.807) is 25.3 Å². The van der Waals surface area contributed by atoms with Gasteiger partial charge in [0.05, 0.1) is 12.7 Å². The third-order valence-corrected chi connectivity index (χ3v) is 4.76. The van der Waals surface area contributed by atoms with Gasteiger partial charge in [-0.05, 0) is 31.5 Å². The molecule has 0 aliphatic heterocycles. The molecule has 0 saturated carbocycles. The quantitative estimate of drug-likeness (QED) is 0.410. The van der Waals surface area contributed by atoms with Gasteiger partial charge in [0, 0.05) is 11.1 Å². The maximum absolute atomic E-state index is 12.4. The number of hydrogen-bond donors (Lipinski definition) is 1. The van der Waals surface area contributed by atoms with Crippen molar-refractivity contribution in [1.82, 2.24) is 5.32 Å². The van der Waals surface area contributed by atoms with Gasteiger partial charge in [-0.1, -0.05) is 76.3 Å². The third-order valence-electron chi connectivity index (χ3n) is 4.52. The minimum Gasteiger partial charge on any atom is -0.496 e. The molecule has 0 saturated heterocycles. The first-order valence-electron chi connectivity index (χ1n) is 9.72. The number of amides is 1. The van der Waals surface area contributed by atoms with E-state index in [9.17, 15) is 4.79 Å². The molecule has 0 heterocycles. The fraction of sp³-hybridized carbons (Fsp3) is 0.667. The molecule has 142 valence electrons. The summed E-state index contributed by atoms with van der Waals surface area (Å²) in [5.74, 6) is 0.431. The molecule has 4 heteroatoms. The van der Waals surface area contributed by atoms with Crippen LogP contribution >= 0.6 is 11.6 Å². The summed E-state index contributed by atoms with van der Waals surface area (Å²) in [4.78, 5) is 12.4. The van der Waals surface area contributed by atoms with E-state index in [1.807, 2.05) is 0 Å². The number of hydrogen-bond acceptors (Lipinski definition) is 2. The zero-order valence-corrected chi connectivity index (χ0v) is 16.8. The highest BCUT2D eigenvalue weighted by atomic mass is 35.5. The van der Waals surface area contributed by atoms with Gasteiger partial charge in [-0.15, -0.1) is 0 Å². The number of rotatable bonds is 13. The molecule has 0 bridgehead atoms. The number of benzene rings is 1. The van der Waals surface area contributed by atoms with Crippen LogP contribution in [-0.2, 0) is 0 Å². The largest absolute Gasteiger partial charge is 0.496 e. The van der Waals surface area contributed by atoms with Crippen LogP contribution in [0.4, 0.5) is 0 Å². The molecule has 1 aromatic rings. The van der Waals surface area contributed by atoms with Crippen LogP contribution in [-0.4, -0.2) is 19.1 Å². The van der Waals surface area contributed by atoms with Crippen LogP contribution in [0.2, 0.25) is 5.02 Å². The maximum Gasteiger partial charge on any atom is 0.255 e. The smallest absolute Gasteiger partial charge is 0.255 e. The molecule has 0 aliphatic carbocycles. The summed E-state index contributed by atoms with van der Waals surface area (Å²) >= 11 is 5.99. The Morgan fingerprint density at radius 3 is 2.28 bits per heavy atom. The average molecular weight is 368 g/mol. The summed E-state index contributed by atoms with van der Waals surface area (Å²) in [6.45, 7) is 4.31. The van der Waals surface area contributed by atoms with Crippen molar-refractivity contribution in [3.63, 3.8) is 0 Å². The fourth-order valence-electron chi connectivity index (χ4n) is 2.99. The van der Waals surface area contributed by atoms with Crippen molar-refractivity contribution in [1.29, 1.82) is 0 Å². The van der Waals surface area contributed by atoms with Gasteiger partial charge in [0.15, 0.2) is 0 Å². The van der Waals surface area contributed by atoms with E-state index in [0.717, 1.165) is 12.8 Å². The van der Waals surface area contributed by atoms with Crippen LogP contribution in [0.1, 0.15) is 88.4 Å². The van der Waals surface area contributed by atoms with Crippen LogP contribution < -0.4 is 10.1 Å². The van der Waals surface area contributed by atoms with Crippen LogP contribution in [0.15, 0.2) is 18.2 Å². The first kappa shape index (κ1) is 21.8. The van der Waals surface area contributed by atoms with Crippen molar-refractivity contribution in [2.24, 2.45) is 0 Å². The molecule has 0 fully saturated rings. The molecular weight excluding hydrogens is 334 g/mol. The number of unbranched alkanes of at least 4 members (excludes halogenated alkanes) is 8. The lowest BCUT2D eigenvalue weighted by Crippen LogP contribution is -2.32. The molecular formula is C21H34ClNO2.